The monoisotopic (exact) mass is 416 g/mol. The Bertz CT molecular complexity index is 1000. The summed E-state index contributed by atoms with van der Waals surface area (Å²) in [5.41, 5.74) is 4.08. The van der Waals surface area contributed by atoms with E-state index in [1.807, 2.05) is 0 Å². The van der Waals surface area contributed by atoms with Crippen molar-refractivity contribution in [2.75, 3.05) is 0 Å². The molecule has 4 rings (SSSR count). The molecule has 0 amide bonds. The largest absolute Gasteiger partial charge is 0.0654 e. The van der Waals surface area contributed by atoms with Crippen LogP contribution in [-0.2, 0) is 6.42 Å². The molecule has 4 aromatic carbocycles. The Morgan fingerprint density at radius 2 is 1.19 bits per heavy atom. The lowest BCUT2D eigenvalue weighted by molar-refractivity contribution is 0.667. The molecule has 0 aliphatic rings. The fourth-order valence-electron chi connectivity index (χ4n) is 3.98. The standard InChI is InChI=1S/C26H25Br/c1-2-3-4-5-10-19-15-17-20(18-16-19)25-21-11-6-8-13-23(21)26(27)24-14-9-7-12-22(24)25/h6-9,11-18H,2-5,10H2,1H3. The number of hydrogen-bond donors (Lipinski definition) is 0. The first-order chi connectivity index (χ1) is 13.3. The molecule has 0 nitrogen and oxygen atoms in total. The second-order valence-electron chi connectivity index (χ2n) is 7.29. The highest BCUT2D eigenvalue weighted by molar-refractivity contribution is 9.10. The number of rotatable bonds is 6. The average molecular weight is 417 g/mol. The molecule has 0 bridgehead atoms. The van der Waals surface area contributed by atoms with E-state index in [-0.39, 0.29) is 0 Å². The van der Waals surface area contributed by atoms with E-state index in [4.69, 9.17) is 0 Å². The fraction of sp³-hybridized carbons (Fsp3) is 0.231. The summed E-state index contributed by atoms with van der Waals surface area (Å²) < 4.78 is 1.19. The smallest absolute Gasteiger partial charge is 0.0332 e. The third-order valence-electron chi connectivity index (χ3n) is 5.43. The number of hydrogen-bond acceptors (Lipinski definition) is 0. The van der Waals surface area contributed by atoms with Crippen LogP contribution in [0.3, 0.4) is 0 Å². The van der Waals surface area contributed by atoms with Gasteiger partial charge in [0.15, 0.2) is 0 Å². The third kappa shape index (κ3) is 3.66. The molecule has 0 aromatic heterocycles. The van der Waals surface area contributed by atoms with E-state index in [0.29, 0.717) is 0 Å². The van der Waals surface area contributed by atoms with E-state index in [2.05, 4.69) is 95.7 Å². The van der Waals surface area contributed by atoms with Gasteiger partial charge in [-0.05, 0) is 67.0 Å². The summed E-state index contributed by atoms with van der Waals surface area (Å²) in [7, 11) is 0. The molecule has 0 N–H and O–H groups in total. The molecule has 136 valence electrons. The zero-order valence-corrected chi connectivity index (χ0v) is 17.4. The maximum atomic E-state index is 3.84. The van der Waals surface area contributed by atoms with Crippen LogP contribution in [-0.4, -0.2) is 0 Å². The predicted molar refractivity (Wildman–Crippen MR) is 122 cm³/mol. The van der Waals surface area contributed by atoms with Crippen molar-refractivity contribution in [3.8, 4) is 11.1 Å². The van der Waals surface area contributed by atoms with Crippen LogP contribution in [0.1, 0.15) is 38.2 Å². The first kappa shape index (κ1) is 18.3. The first-order valence-corrected chi connectivity index (χ1v) is 10.8. The SMILES string of the molecule is CCCCCCc1ccc(-c2c3ccccc3c(Br)c3ccccc23)cc1. The number of halogens is 1. The Morgan fingerprint density at radius 1 is 0.630 bits per heavy atom. The van der Waals surface area contributed by atoms with Crippen LogP contribution in [0.5, 0.6) is 0 Å². The molecule has 0 fully saturated rings. The van der Waals surface area contributed by atoms with Crippen molar-refractivity contribution in [3.63, 3.8) is 0 Å². The van der Waals surface area contributed by atoms with Crippen LogP contribution < -0.4 is 0 Å². The van der Waals surface area contributed by atoms with Gasteiger partial charge in [-0.2, -0.15) is 0 Å². The topological polar surface area (TPSA) is 0 Å². The van der Waals surface area contributed by atoms with E-state index < -0.39 is 0 Å². The van der Waals surface area contributed by atoms with Gasteiger partial charge in [0.05, 0.1) is 0 Å². The second kappa shape index (κ2) is 8.27. The van der Waals surface area contributed by atoms with Crippen molar-refractivity contribution >= 4 is 37.5 Å². The highest BCUT2D eigenvalue weighted by Crippen LogP contribution is 2.41. The molecule has 27 heavy (non-hydrogen) atoms. The van der Waals surface area contributed by atoms with Crippen LogP contribution in [0.4, 0.5) is 0 Å². The minimum atomic E-state index is 1.18. The lowest BCUT2D eigenvalue weighted by atomic mass is 9.91. The van der Waals surface area contributed by atoms with Gasteiger partial charge in [-0.15, -0.1) is 0 Å². The van der Waals surface area contributed by atoms with Crippen molar-refractivity contribution in [1.82, 2.24) is 0 Å². The average Bonchev–Trinajstić information content (AvgIpc) is 2.72. The maximum Gasteiger partial charge on any atom is 0.0332 e. The Labute approximate surface area is 170 Å². The van der Waals surface area contributed by atoms with E-state index in [0.717, 1.165) is 0 Å². The van der Waals surface area contributed by atoms with Crippen molar-refractivity contribution in [2.24, 2.45) is 0 Å². The number of fused-ring (bicyclic) bond motifs is 2. The van der Waals surface area contributed by atoms with Gasteiger partial charge in [-0.3, -0.25) is 0 Å². The van der Waals surface area contributed by atoms with Crippen LogP contribution in [0.15, 0.2) is 77.3 Å². The van der Waals surface area contributed by atoms with Gasteiger partial charge >= 0.3 is 0 Å². The normalized spacial score (nSPS) is 11.3. The molecular formula is C26H25Br. The molecule has 0 saturated heterocycles. The van der Waals surface area contributed by atoms with Gasteiger partial charge in [0.25, 0.3) is 0 Å². The fourth-order valence-corrected chi connectivity index (χ4v) is 4.67. The van der Waals surface area contributed by atoms with Gasteiger partial charge in [-0.1, -0.05) is 99.0 Å². The summed E-state index contributed by atoms with van der Waals surface area (Å²) in [5.74, 6) is 0. The van der Waals surface area contributed by atoms with Gasteiger partial charge in [0.1, 0.15) is 0 Å². The van der Waals surface area contributed by atoms with E-state index in [1.165, 1.54) is 74.8 Å². The van der Waals surface area contributed by atoms with Crippen LogP contribution in [0, 0.1) is 0 Å². The highest BCUT2D eigenvalue weighted by atomic mass is 79.9. The van der Waals surface area contributed by atoms with Crippen molar-refractivity contribution in [1.29, 1.82) is 0 Å². The first-order valence-electron chi connectivity index (χ1n) is 9.98. The van der Waals surface area contributed by atoms with Crippen molar-refractivity contribution in [2.45, 2.75) is 39.0 Å². The molecule has 0 aliphatic heterocycles. The molecule has 0 spiro atoms. The predicted octanol–water partition coefficient (Wildman–Crippen LogP) is 8.55. The summed E-state index contributed by atoms with van der Waals surface area (Å²) in [4.78, 5) is 0. The summed E-state index contributed by atoms with van der Waals surface area (Å²) in [5, 5.41) is 5.15. The molecule has 1 heteroatoms. The molecule has 0 heterocycles. The molecule has 0 aliphatic carbocycles. The van der Waals surface area contributed by atoms with Crippen LogP contribution >= 0.6 is 15.9 Å². The molecular weight excluding hydrogens is 392 g/mol. The quantitative estimate of drug-likeness (QED) is 0.218. The molecule has 0 radical (unpaired) electrons. The highest BCUT2D eigenvalue weighted by Gasteiger charge is 2.13. The Hall–Kier alpha value is -2.12. The minimum absolute atomic E-state index is 1.18. The Balaban J connectivity index is 1.79. The Morgan fingerprint density at radius 3 is 1.74 bits per heavy atom. The van der Waals surface area contributed by atoms with Gasteiger partial charge < -0.3 is 0 Å². The zero-order chi connectivity index (χ0) is 18.6. The van der Waals surface area contributed by atoms with E-state index in [9.17, 15) is 0 Å². The van der Waals surface area contributed by atoms with Crippen LogP contribution in [0.2, 0.25) is 0 Å². The number of unbranched alkanes of at least 4 members (excludes halogenated alkanes) is 3. The third-order valence-corrected chi connectivity index (χ3v) is 6.28. The van der Waals surface area contributed by atoms with E-state index in [1.54, 1.807) is 0 Å². The van der Waals surface area contributed by atoms with E-state index >= 15 is 0 Å². The summed E-state index contributed by atoms with van der Waals surface area (Å²) in [6.07, 6.45) is 6.44. The maximum absolute atomic E-state index is 3.84. The molecule has 0 unspecified atom stereocenters. The van der Waals surface area contributed by atoms with Crippen molar-refractivity contribution in [3.05, 3.63) is 82.8 Å². The van der Waals surface area contributed by atoms with Crippen LogP contribution in [0.25, 0.3) is 32.7 Å². The lowest BCUT2D eigenvalue weighted by Crippen LogP contribution is -1.89. The zero-order valence-electron chi connectivity index (χ0n) is 15.8. The molecule has 0 saturated carbocycles. The molecule has 0 atom stereocenters. The van der Waals surface area contributed by atoms with Gasteiger partial charge in [0.2, 0.25) is 0 Å². The lowest BCUT2D eigenvalue weighted by Gasteiger charge is -2.14. The number of aryl methyl sites for hydroxylation is 1. The summed E-state index contributed by atoms with van der Waals surface area (Å²) >= 11 is 3.84. The van der Waals surface area contributed by atoms with Gasteiger partial charge in [0, 0.05) is 4.47 Å². The second-order valence-corrected chi connectivity index (χ2v) is 8.08. The molecule has 4 aromatic rings. The summed E-state index contributed by atoms with van der Waals surface area (Å²) in [6, 6.07) is 26.6. The number of benzene rings is 4. The Kier molecular flexibility index (Phi) is 5.59. The summed E-state index contributed by atoms with van der Waals surface area (Å²) in [6.45, 7) is 2.27. The van der Waals surface area contributed by atoms with Gasteiger partial charge in [-0.25, -0.2) is 0 Å². The minimum Gasteiger partial charge on any atom is -0.0654 e. The van der Waals surface area contributed by atoms with Crippen molar-refractivity contribution < 1.29 is 0 Å².